The second kappa shape index (κ2) is 12.9. The maximum Gasteiger partial charge on any atom is 0.339 e. The Bertz CT molecular complexity index is 1610. The number of furan rings is 1. The summed E-state index contributed by atoms with van der Waals surface area (Å²) in [7, 11) is 0. The SMILES string of the molecule is Cc1coc2c(C)c3oc(=O)c(CCC(=O)NC(CSCc4ccccc4)C(=O)NCCC(=O)O)c(C)c3cc12. The van der Waals surface area contributed by atoms with Crippen LogP contribution in [0.2, 0.25) is 0 Å². The minimum absolute atomic E-state index is 0.0225. The minimum atomic E-state index is -1.03. The van der Waals surface area contributed by atoms with E-state index in [0.29, 0.717) is 28.2 Å². The van der Waals surface area contributed by atoms with Crippen LogP contribution in [0.5, 0.6) is 0 Å². The normalized spacial score (nSPS) is 12.0. The van der Waals surface area contributed by atoms with Gasteiger partial charge in [-0.05, 0) is 49.9 Å². The first-order valence-electron chi connectivity index (χ1n) is 13.0. The molecule has 0 aliphatic heterocycles. The number of hydrogen-bond donors (Lipinski definition) is 3. The summed E-state index contributed by atoms with van der Waals surface area (Å²) in [5.41, 5.74) is 4.59. The predicted octanol–water partition coefficient (Wildman–Crippen LogP) is 4.41. The lowest BCUT2D eigenvalue weighted by Crippen LogP contribution is -2.48. The third-order valence-electron chi connectivity index (χ3n) is 6.82. The third-order valence-corrected chi connectivity index (χ3v) is 7.93. The molecule has 1 unspecified atom stereocenters. The van der Waals surface area contributed by atoms with Crippen LogP contribution < -0.4 is 16.3 Å². The molecule has 2 aromatic carbocycles. The minimum Gasteiger partial charge on any atom is -0.481 e. The van der Waals surface area contributed by atoms with Crippen LogP contribution in [0.25, 0.3) is 21.9 Å². The van der Waals surface area contributed by atoms with E-state index < -0.39 is 29.5 Å². The summed E-state index contributed by atoms with van der Waals surface area (Å²) in [6, 6.07) is 10.8. The lowest BCUT2D eigenvalue weighted by molar-refractivity contribution is -0.137. The molecule has 2 heterocycles. The highest BCUT2D eigenvalue weighted by molar-refractivity contribution is 7.98. The molecule has 2 aromatic heterocycles. The molecule has 4 rings (SSSR count). The fourth-order valence-corrected chi connectivity index (χ4v) is 5.60. The first-order valence-corrected chi connectivity index (χ1v) is 14.2. The first kappa shape index (κ1) is 28.9. The van der Waals surface area contributed by atoms with Crippen molar-refractivity contribution in [2.45, 2.75) is 51.8 Å². The number of aryl methyl sites for hydroxylation is 3. The number of carbonyl (C=O) groups excluding carboxylic acids is 2. The molecule has 0 radical (unpaired) electrons. The largest absolute Gasteiger partial charge is 0.481 e. The summed E-state index contributed by atoms with van der Waals surface area (Å²) in [4.78, 5) is 49.4. The third kappa shape index (κ3) is 6.74. The maximum atomic E-state index is 12.9. The second-order valence-corrected chi connectivity index (χ2v) is 10.8. The van der Waals surface area contributed by atoms with Crippen LogP contribution in [0.15, 0.2) is 56.3 Å². The summed E-state index contributed by atoms with van der Waals surface area (Å²) in [5, 5.41) is 15.9. The molecule has 9 nitrogen and oxygen atoms in total. The van der Waals surface area contributed by atoms with Gasteiger partial charge in [0.15, 0.2) is 0 Å². The van der Waals surface area contributed by atoms with Crippen molar-refractivity contribution in [2.24, 2.45) is 0 Å². The highest BCUT2D eigenvalue weighted by Crippen LogP contribution is 2.32. The van der Waals surface area contributed by atoms with Gasteiger partial charge in [0.05, 0.1) is 12.7 Å². The van der Waals surface area contributed by atoms with Gasteiger partial charge in [-0.2, -0.15) is 11.8 Å². The standard InChI is InChI=1S/C30H32N2O7S/c1-17-14-38-27-19(3)28-23(13-22(17)27)18(2)21(30(37)39-28)9-10-25(33)32-24(29(36)31-12-11-26(34)35)16-40-15-20-7-5-4-6-8-20/h4-8,13-14,24H,9-12,15-16H2,1-3H3,(H,31,36)(H,32,33)(H,34,35). The highest BCUT2D eigenvalue weighted by atomic mass is 32.2. The van der Waals surface area contributed by atoms with Gasteiger partial charge in [-0.15, -0.1) is 0 Å². The van der Waals surface area contributed by atoms with E-state index in [1.807, 2.05) is 57.2 Å². The van der Waals surface area contributed by atoms with Crippen molar-refractivity contribution < 1.29 is 28.3 Å². The van der Waals surface area contributed by atoms with Gasteiger partial charge < -0.3 is 24.6 Å². The van der Waals surface area contributed by atoms with Crippen LogP contribution in [0.3, 0.4) is 0 Å². The average molecular weight is 565 g/mol. The van der Waals surface area contributed by atoms with Gasteiger partial charge in [0.1, 0.15) is 17.2 Å². The number of carboxylic acid groups (broad SMARTS) is 1. The van der Waals surface area contributed by atoms with Crippen molar-refractivity contribution >= 4 is 51.5 Å². The van der Waals surface area contributed by atoms with Crippen molar-refractivity contribution in [3.05, 3.63) is 80.9 Å². The number of carbonyl (C=O) groups is 3. The number of thioether (sulfide) groups is 1. The molecule has 40 heavy (non-hydrogen) atoms. The van der Waals surface area contributed by atoms with E-state index in [-0.39, 0.29) is 25.8 Å². The van der Waals surface area contributed by atoms with E-state index in [4.69, 9.17) is 13.9 Å². The van der Waals surface area contributed by atoms with Crippen LogP contribution in [0.1, 0.15) is 40.7 Å². The zero-order valence-corrected chi connectivity index (χ0v) is 23.5. The van der Waals surface area contributed by atoms with E-state index in [2.05, 4.69) is 10.6 Å². The quantitative estimate of drug-likeness (QED) is 0.215. The van der Waals surface area contributed by atoms with E-state index in [1.54, 1.807) is 6.26 Å². The second-order valence-electron chi connectivity index (χ2n) is 9.72. The van der Waals surface area contributed by atoms with Crippen molar-refractivity contribution in [1.29, 1.82) is 0 Å². The summed E-state index contributed by atoms with van der Waals surface area (Å²) in [6.45, 7) is 5.60. The van der Waals surface area contributed by atoms with E-state index >= 15 is 0 Å². The molecule has 0 aliphatic rings. The van der Waals surface area contributed by atoms with Crippen LogP contribution in [-0.4, -0.2) is 41.2 Å². The zero-order chi connectivity index (χ0) is 28.8. The van der Waals surface area contributed by atoms with Crippen LogP contribution in [-0.2, 0) is 26.6 Å². The van der Waals surface area contributed by atoms with Crippen LogP contribution >= 0.6 is 11.8 Å². The number of amides is 2. The molecular formula is C30H32N2O7S. The van der Waals surface area contributed by atoms with Gasteiger partial charge in [-0.3, -0.25) is 14.4 Å². The molecule has 0 aliphatic carbocycles. The molecule has 0 bridgehead atoms. The Morgan fingerprint density at radius 3 is 2.48 bits per heavy atom. The Morgan fingerprint density at radius 2 is 1.75 bits per heavy atom. The number of nitrogens with one attached hydrogen (secondary N) is 2. The Hall–Kier alpha value is -4.05. The monoisotopic (exact) mass is 564 g/mol. The number of carboxylic acids is 1. The molecule has 0 saturated heterocycles. The molecular weight excluding hydrogens is 532 g/mol. The van der Waals surface area contributed by atoms with Crippen molar-refractivity contribution in [3.63, 3.8) is 0 Å². The van der Waals surface area contributed by atoms with Gasteiger partial charge in [0, 0.05) is 46.4 Å². The van der Waals surface area contributed by atoms with Crippen molar-refractivity contribution in [2.75, 3.05) is 12.3 Å². The van der Waals surface area contributed by atoms with Gasteiger partial charge in [0.25, 0.3) is 0 Å². The lowest BCUT2D eigenvalue weighted by Gasteiger charge is -2.18. The summed E-state index contributed by atoms with van der Waals surface area (Å²) >= 11 is 1.48. The topological polar surface area (TPSA) is 139 Å². The Labute approximate surface area is 235 Å². The first-order chi connectivity index (χ1) is 19.2. The molecule has 0 spiro atoms. The Kier molecular flexibility index (Phi) is 9.31. The number of rotatable bonds is 12. The van der Waals surface area contributed by atoms with Crippen LogP contribution in [0, 0.1) is 20.8 Å². The number of benzene rings is 2. The highest BCUT2D eigenvalue weighted by Gasteiger charge is 2.22. The van der Waals surface area contributed by atoms with Crippen molar-refractivity contribution in [3.8, 4) is 0 Å². The zero-order valence-electron chi connectivity index (χ0n) is 22.7. The number of fused-ring (bicyclic) bond motifs is 2. The molecule has 3 N–H and O–H groups in total. The van der Waals surface area contributed by atoms with Gasteiger partial charge >= 0.3 is 11.6 Å². The predicted molar refractivity (Wildman–Crippen MR) is 155 cm³/mol. The molecule has 0 saturated carbocycles. The van der Waals surface area contributed by atoms with Crippen molar-refractivity contribution in [1.82, 2.24) is 10.6 Å². The molecule has 10 heteroatoms. The average Bonchev–Trinajstić information content (AvgIpc) is 3.29. The van der Waals surface area contributed by atoms with E-state index in [0.717, 1.165) is 33.0 Å². The lowest BCUT2D eigenvalue weighted by atomic mass is 9.98. The van der Waals surface area contributed by atoms with E-state index in [9.17, 15) is 19.2 Å². The fraction of sp³-hybridized carbons (Fsp3) is 0.333. The maximum absolute atomic E-state index is 12.9. The van der Waals surface area contributed by atoms with Gasteiger partial charge in [0.2, 0.25) is 11.8 Å². The molecule has 2 amide bonds. The number of aliphatic carboxylic acids is 1. The van der Waals surface area contributed by atoms with Gasteiger partial charge in [-0.25, -0.2) is 4.79 Å². The smallest absolute Gasteiger partial charge is 0.339 e. The van der Waals surface area contributed by atoms with E-state index in [1.165, 1.54) is 11.8 Å². The summed E-state index contributed by atoms with van der Waals surface area (Å²) in [5.74, 6) is -0.921. The summed E-state index contributed by atoms with van der Waals surface area (Å²) < 4.78 is 11.3. The molecule has 0 fully saturated rings. The summed E-state index contributed by atoms with van der Waals surface area (Å²) in [6.07, 6.45) is 1.57. The van der Waals surface area contributed by atoms with Gasteiger partial charge in [-0.1, -0.05) is 30.3 Å². The molecule has 210 valence electrons. The van der Waals surface area contributed by atoms with Crippen LogP contribution in [0.4, 0.5) is 0 Å². The Balaban J connectivity index is 1.46. The molecule has 1 atom stereocenters. The molecule has 4 aromatic rings. The Morgan fingerprint density at radius 1 is 1.00 bits per heavy atom. The fourth-order valence-electron chi connectivity index (χ4n) is 4.58. The number of hydrogen-bond acceptors (Lipinski definition) is 7.